The standard InChI is InChI=1S/C12H21N5/c1-2-17-12(14-9-15-17)8-13-10-5-7-16-6-3-4-11(10)16/h9-11,13H,2-8H2,1H3. The summed E-state index contributed by atoms with van der Waals surface area (Å²) in [6.45, 7) is 6.42. The van der Waals surface area contributed by atoms with Crippen LogP contribution >= 0.6 is 0 Å². The first-order valence-corrected chi connectivity index (χ1v) is 6.72. The normalized spacial score (nSPS) is 28.8. The van der Waals surface area contributed by atoms with Crippen LogP contribution in [0, 0.1) is 0 Å². The maximum absolute atomic E-state index is 4.31. The number of nitrogens with zero attached hydrogens (tertiary/aromatic N) is 4. The van der Waals surface area contributed by atoms with Crippen molar-refractivity contribution in [1.82, 2.24) is 25.0 Å². The van der Waals surface area contributed by atoms with E-state index < -0.39 is 0 Å². The van der Waals surface area contributed by atoms with Crippen molar-refractivity contribution in [2.45, 2.75) is 51.4 Å². The van der Waals surface area contributed by atoms with Crippen molar-refractivity contribution in [3.63, 3.8) is 0 Å². The highest BCUT2D eigenvalue weighted by Crippen LogP contribution is 2.27. The van der Waals surface area contributed by atoms with Gasteiger partial charge in [0.1, 0.15) is 12.2 Å². The average Bonchev–Trinajstić information content (AvgIpc) is 3.03. The van der Waals surface area contributed by atoms with E-state index in [0.29, 0.717) is 6.04 Å². The molecule has 94 valence electrons. The largest absolute Gasteiger partial charge is 0.305 e. The number of hydrogen-bond donors (Lipinski definition) is 1. The predicted octanol–water partition coefficient (Wildman–Crippen LogP) is 0.624. The van der Waals surface area contributed by atoms with Gasteiger partial charge in [-0.05, 0) is 32.7 Å². The van der Waals surface area contributed by atoms with Crippen LogP contribution in [0.2, 0.25) is 0 Å². The summed E-state index contributed by atoms with van der Waals surface area (Å²) in [5.74, 6) is 1.06. The van der Waals surface area contributed by atoms with Gasteiger partial charge in [-0.3, -0.25) is 4.90 Å². The lowest BCUT2D eigenvalue weighted by atomic mass is 10.1. The second-order valence-electron chi connectivity index (χ2n) is 5.01. The molecular formula is C12H21N5. The molecular weight excluding hydrogens is 214 g/mol. The molecule has 3 heterocycles. The fraction of sp³-hybridized carbons (Fsp3) is 0.833. The zero-order valence-corrected chi connectivity index (χ0v) is 10.5. The van der Waals surface area contributed by atoms with Gasteiger partial charge in [-0.25, -0.2) is 9.67 Å². The fourth-order valence-corrected chi connectivity index (χ4v) is 3.23. The van der Waals surface area contributed by atoms with Gasteiger partial charge in [-0.15, -0.1) is 0 Å². The minimum absolute atomic E-state index is 0.652. The molecule has 1 aromatic heterocycles. The number of fused-ring (bicyclic) bond motifs is 1. The number of hydrogen-bond acceptors (Lipinski definition) is 4. The first-order valence-electron chi connectivity index (χ1n) is 6.72. The highest BCUT2D eigenvalue weighted by Gasteiger charge is 2.36. The Labute approximate surface area is 102 Å². The Balaban J connectivity index is 1.57. The van der Waals surface area contributed by atoms with Crippen LogP contribution in [0.15, 0.2) is 6.33 Å². The van der Waals surface area contributed by atoms with Gasteiger partial charge in [0.05, 0.1) is 6.54 Å². The minimum Gasteiger partial charge on any atom is -0.305 e. The highest BCUT2D eigenvalue weighted by atomic mass is 15.3. The average molecular weight is 235 g/mol. The Morgan fingerprint density at radius 3 is 3.24 bits per heavy atom. The molecule has 5 heteroatoms. The topological polar surface area (TPSA) is 46.0 Å². The lowest BCUT2D eigenvalue weighted by molar-refractivity contribution is 0.297. The molecule has 2 unspecified atom stereocenters. The molecule has 3 rings (SSSR count). The molecule has 17 heavy (non-hydrogen) atoms. The Hall–Kier alpha value is -0.940. The van der Waals surface area contributed by atoms with Crippen LogP contribution in [0.25, 0.3) is 0 Å². The fourth-order valence-electron chi connectivity index (χ4n) is 3.23. The lowest BCUT2D eigenvalue weighted by Crippen LogP contribution is -2.39. The van der Waals surface area contributed by atoms with E-state index in [0.717, 1.165) is 25.0 Å². The van der Waals surface area contributed by atoms with Crippen LogP contribution < -0.4 is 5.32 Å². The van der Waals surface area contributed by atoms with Crippen LogP contribution in [0.4, 0.5) is 0 Å². The summed E-state index contributed by atoms with van der Waals surface area (Å²) in [5.41, 5.74) is 0. The third kappa shape index (κ3) is 2.09. The van der Waals surface area contributed by atoms with Crippen molar-refractivity contribution in [1.29, 1.82) is 0 Å². The monoisotopic (exact) mass is 235 g/mol. The van der Waals surface area contributed by atoms with E-state index in [1.165, 1.54) is 32.4 Å². The number of aromatic nitrogens is 3. The van der Waals surface area contributed by atoms with Gasteiger partial charge in [0.2, 0.25) is 0 Å². The molecule has 0 saturated carbocycles. The Morgan fingerprint density at radius 2 is 2.35 bits per heavy atom. The molecule has 2 saturated heterocycles. The number of aryl methyl sites for hydroxylation is 1. The van der Waals surface area contributed by atoms with Gasteiger partial charge in [-0.1, -0.05) is 0 Å². The van der Waals surface area contributed by atoms with Gasteiger partial charge in [0, 0.05) is 25.2 Å². The van der Waals surface area contributed by atoms with Crippen molar-refractivity contribution < 1.29 is 0 Å². The zero-order valence-electron chi connectivity index (χ0n) is 10.5. The maximum Gasteiger partial charge on any atom is 0.140 e. The quantitative estimate of drug-likeness (QED) is 0.831. The van der Waals surface area contributed by atoms with Crippen molar-refractivity contribution in [3.8, 4) is 0 Å². The number of rotatable bonds is 4. The molecule has 1 N–H and O–H groups in total. The number of nitrogens with one attached hydrogen (secondary N) is 1. The van der Waals surface area contributed by atoms with Gasteiger partial charge >= 0.3 is 0 Å². The van der Waals surface area contributed by atoms with E-state index >= 15 is 0 Å². The van der Waals surface area contributed by atoms with E-state index in [1.807, 2.05) is 4.68 Å². The first kappa shape index (κ1) is 11.2. The van der Waals surface area contributed by atoms with Crippen LogP contribution in [0.3, 0.4) is 0 Å². The molecule has 0 radical (unpaired) electrons. The zero-order chi connectivity index (χ0) is 11.7. The van der Waals surface area contributed by atoms with E-state index in [1.54, 1.807) is 6.33 Å². The molecule has 0 amide bonds. The molecule has 2 aliphatic heterocycles. The van der Waals surface area contributed by atoms with Crippen LogP contribution in [-0.2, 0) is 13.1 Å². The Morgan fingerprint density at radius 1 is 1.41 bits per heavy atom. The molecule has 1 aromatic rings. The summed E-state index contributed by atoms with van der Waals surface area (Å²) < 4.78 is 1.97. The Kier molecular flexibility index (Phi) is 3.11. The maximum atomic E-state index is 4.31. The van der Waals surface area contributed by atoms with E-state index in [4.69, 9.17) is 0 Å². The second-order valence-corrected chi connectivity index (χ2v) is 5.01. The van der Waals surface area contributed by atoms with Crippen LogP contribution in [-0.4, -0.2) is 44.8 Å². The SMILES string of the molecule is CCn1ncnc1CNC1CCN2CCCC12. The van der Waals surface area contributed by atoms with Crippen LogP contribution in [0.5, 0.6) is 0 Å². The Bertz CT molecular complexity index is 375. The molecule has 5 nitrogen and oxygen atoms in total. The molecule has 2 atom stereocenters. The van der Waals surface area contributed by atoms with Crippen molar-refractivity contribution >= 4 is 0 Å². The van der Waals surface area contributed by atoms with Crippen molar-refractivity contribution in [2.24, 2.45) is 0 Å². The highest BCUT2D eigenvalue weighted by molar-refractivity contribution is 4.96. The summed E-state index contributed by atoms with van der Waals surface area (Å²) in [6.07, 6.45) is 5.66. The smallest absolute Gasteiger partial charge is 0.140 e. The van der Waals surface area contributed by atoms with Crippen LogP contribution in [0.1, 0.15) is 32.0 Å². The first-order chi connectivity index (χ1) is 8.38. The van der Waals surface area contributed by atoms with E-state index in [2.05, 4.69) is 27.2 Å². The molecule has 0 aliphatic carbocycles. The molecule has 0 aromatic carbocycles. The predicted molar refractivity (Wildman–Crippen MR) is 65.5 cm³/mol. The minimum atomic E-state index is 0.652. The van der Waals surface area contributed by atoms with Gasteiger partial charge < -0.3 is 5.32 Å². The van der Waals surface area contributed by atoms with Crippen molar-refractivity contribution in [2.75, 3.05) is 13.1 Å². The molecule has 2 aliphatic rings. The molecule has 0 bridgehead atoms. The van der Waals surface area contributed by atoms with Gasteiger partial charge in [0.15, 0.2) is 0 Å². The van der Waals surface area contributed by atoms with Crippen molar-refractivity contribution in [3.05, 3.63) is 12.2 Å². The summed E-state index contributed by atoms with van der Waals surface area (Å²) in [5, 5.41) is 7.87. The second kappa shape index (κ2) is 4.74. The summed E-state index contributed by atoms with van der Waals surface area (Å²) in [6, 6.07) is 1.42. The van der Waals surface area contributed by atoms with E-state index in [-0.39, 0.29) is 0 Å². The van der Waals surface area contributed by atoms with E-state index in [9.17, 15) is 0 Å². The van der Waals surface area contributed by atoms with Gasteiger partial charge in [-0.2, -0.15) is 5.10 Å². The van der Waals surface area contributed by atoms with Gasteiger partial charge in [0.25, 0.3) is 0 Å². The summed E-state index contributed by atoms with van der Waals surface area (Å²) >= 11 is 0. The summed E-state index contributed by atoms with van der Waals surface area (Å²) in [7, 11) is 0. The molecule has 0 spiro atoms. The third-order valence-electron chi connectivity index (χ3n) is 4.12. The molecule has 2 fully saturated rings. The third-order valence-corrected chi connectivity index (χ3v) is 4.12. The lowest BCUT2D eigenvalue weighted by Gasteiger charge is -2.21. The summed E-state index contributed by atoms with van der Waals surface area (Å²) in [4.78, 5) is 6.94.